The summed E-state index contributed by atoms with van der Waals surface area (Å²) in [5.41, 5.74) is 0.507. The Balaban J connectivity index is 0.00000338. The molecule has 1 aliphatic heterocycles. The van der Waals surface area contributed by atoms with Crippen molar-refractivity contribution in [1.82, 2.24) is 4.90 Å². The molecule has 1 heterocycles. The average molecular weight is 508 g/mol. The molecule has 26 heavy (non-hydrogen) atoms. The van der Waals surface area contributed by atoms with Crippen LogP contribution >= 0.6 is 22.6 Å². The average Bonchev–Trinajstić information content (AvgIpc) is 2.43. The van der Waals surface area contributed by atoms with Gasteiger partial charge in [0.1, 0.15) is 5.60 Å². The molecular weight excluding hydrogens is 486 g/mol. The van der Waals surface area contributed by atoms with Crippen LogP contribution in [0.25, 0.3) is 0 Å². The number of halogens is 4. The molecule has 1 saturated heterocycles. The summed E-state index contributed by atoms with van der Waals surface area (Å²) in [5, 5.41) is 0. The Morgan fingerprint density at radius 2 is 1.73 bits per heavy atom. The van der Waals surface area contributed by atoms with Gasteiger partial charge in [0.2, 0.25) is 0 Å². The fraction of sp³-hybridized carbons (Fsp3) is 0.562. The number of amides is 1. The third-order valence-corrected chi connectivity index (χ3v) is 4.33. The van der Waals surface area contributed by atoms with Crippen molar-refractivity contribution in [2.24, 2.45) is 0 Å². The number of carbonyl (C=O) groups is 1. The van der Waals surface area contributed by atoms with Crippen molar-refractivity contribution in [2.75, 3.05) is 31.1 Å². The molecule has 0 N–H and O–H groups in total. The molecular formula is C16H22BF3IKN2O2. The molecule has 0 radical (unpaired) electrons. The molecule has 1 amide bonds. The van der Waals surface area contributed by atoms with Gasteiger partial charge < -0.3 is 27.5 Å². The number of hydrogen-bond donors (Lipinski definition) is 0. The Morgan fingerprint density at radius 3 is 2.23 bits per heavy atom. The fourth-order valence-corrected chi connectivity index (χ4v) is 3.39. The van der Waals surface area contributed by atoms with Crippen LogP contribution in [-0.2, 0) is 11.1 Å². The van der Waals surface area contributed by atoms with Crippen LogP contribution in [0.2, 0.25) is 0 Å². The Morgan fingerprint density at radius 1 is 1.15 bits per heavy atom. The van der Waals surface area contributed by atoms with Gasteiger partial charge in [0.25, 0.3) is 0 Å². The molecule has 10 heteroatoms. The summed E-state index contributed by atoms with van der Waals surface area (Å²) in [6.07, 6.45) is -1.22. The first-order valence-corrected chi connectivity index (χ1v) is 9.24. The van der Waals surface area contributed by atoms with Gasteiger partial charge in [-0.1, -0.05) is 11.9 Å². The van der Waals surface area contributed by atoms with Crippen molar-refractivity contribution in [2.45, 2.75) is 32.7 Å². The first-order chi connectivity index (χ1) is 11.4. The first-order valence-electron chi connectivity index (χ1n) is 8.16. The number of rotatable bonds is 3. The summed E-state index contributed by atoms with van der Waals surface area (Å²) in [6, 6.07) is 5.04. The maximum absolute atomic E-state index is 12.7. The maximum Gasteiger partial charge on any atom is 1.00 e. The Kier molecular flexibility index (Phi) is 9.27. The van der Waals surface area contributed by atoms with Crippen molar-refractivity contribution in [3.63, 3.8) is 0 Å². The largest absolute Gasteiger partial charge is 1.00 e. The molecule has 140 valence electrons. The Labute approximate surface area is 208 Å². The molecule has 0 unspecified atom stereocenters. The summed E-state index contributed by atoms with van der Waals surface area (Å²) in [4.78, 5) is 15.7. The van der Waals surface area contributed by atoms with E-state index in [1.165, 1.54) is 0 Å². The molecule has 0 atom stereocenters. The van der Waals surface area contributed by atoms with Gasteiger partial charge in [-0.15, -0.1) is 0 Å². The molecule has 2 rings (SSSR count). The van der Waals surface area contributed by atoms with E-state index in [1.54, 1.807) is 17.0 Å². The van der Waals surface area contributed by atoms with E-state index in [-0.39, 0.29) is 63.0 Å². The molecule has 0 spiro atoms. The predicted molar refractivity (Wildman–Crippen MR) is 102 cm³/mol. The van der Waals surface area contributed by atoms with Gasteiger partial charge >= 0.3 is 64.5 Å². The number of carbonyl (C=O) groups excluding carboxylic acids is 1. The first kappa shape index (κ1) is 24.5. The van der Waals surface area contributed by atoms with Crippen LogP contribution in [0.1, 0.15) is 26.3 Å². The van der Waals surface area contributed by atoms with Crippen molar-refractivity contribution in [3.8, 4) is 0 Å². The number of anilines is 1. The third kappa shape index (κ3) is 8.26. The zero-order valence-corrected chi connectivity index (χ0v) is 20.8. The fourth-order valence-electron chi connectivity index (χ4n) is 2.67. The molecule has 0 aliphatic carbocycles. The smallest absolute Gasteiger partial charge is 0.449 e. The molecule has 0 saturated carbocycles. The number of piperazine rings is 1. The van der Waals surface area contributed by atoms with Gasteiger partial charge in [-0.25, -0.2) is 4.79 Å². The Hall–Kier alpha value is 0.511. The zero-order chi connectivity index (χ0) is 18.8. The van der Waals surface area contributed by atoms with Crippen molar-refractivity contribution < 1.29 is 73.9 Å². The van der Waals surface area contributed by atoms with Crippen LogP contribution in [-0.4, -0.2) is 49.8 Å². The van der Waals surface area contributed by atoms with Gasteiger partial charge in [0.15, 0.2) is 0 Å². The van der Waals surface area contributed by atoms with Crippen LogP contribution in [0.15, 0.2) is 18.2 Å². The number of nitrogens with zero attached hydrogens (tertiary/aromatic N) is 2. The summed E-state index contributed by atoms with van der Waals surface area (Å²) in [6.45, 7) is 2.69. The molecule has 1 aromatic rings. The minimum atomic E-state index is -4.86. The van der Waals surface area contributed by atoms with Crippen molar-refractivity contribution in [1.29, 1.82) is 0 Å². The quantitative estimate of drug-likeness (QED) is 0.456. The van der Waals surface area contributed by atoms with E-state index >= 15 is 0 Å². The maximum atomic E-state index is 12.7. The molecule has 4 nitrogen and oxygen atoms in total. The molecule has 0 bridgehead atoms. The van der Waals surface area contributed by atoms with Crippen LogP contribution in [0, 0.1) is 3.57 Å². The van der Waals surface area contributed by atoms with E-state index in [0.717, 1.165) is 9.26 Å². The van der Waals surface area contributed by atoms with Crippen LogP contribution < -0.4 is 56.3 Å². The zero-order valence-electron chi connectivity index (χ0n) is 15.6. The summed E-state index contributed by atoms with van der Waals surface area (Å²) < 4.78 is 44.3. The van der Waals surface area contributed by atoms with Crippen LogP contribution in [0.4, 0.5) is 23.4 Å². The number of hydrogen-bond acceptors (Lipinski definition) is 3. The summed E-state index contributed by atoms with van der Waals surface area (Å²) in [7, 11) is 0. The SMILES string of the molecule is CC(C)(C)OC(=O)N1CCN(c2cc(I)cc(C[B-](F)(F)F)c2)CC1.[K+]. The van der Waals surface area contributed by atoms with Gasteiger partial charge in [-0.2, -0.15) is 0 Å². The van der Waals surface area contributed by atoms with Crippen molar-refractivity contribution in [3.05, 3.63) is 27.3 Å². The van der Waals surface area contributed by atoms with E-state index in [9.17, 15) is 17.7 Å². The topological polar surface area (TPSA) is 32.8 Å². The van der Waals surface area contributed by atoms with E-state index in [4.69, 9.17) is 4.74 Å². The predicted octanol–water partition coefficient (Wildman–Crippen LogP) is 1.28. The van der Waals surface area contributed by atoms with Crippen LogP contribution in [0.5, 0.6) is 0 Å². The van der Waals surface area contributed by atoms with E-state index in [1.807, 2.05) is 54.3 Å². The van der Waals surface area contributed by atoms with Crippen molar-refractivity contribution >= 4 is 41.3 Å². The standard InChI is InChI=1S/C16H22BF3IN2O2.K/c1-16(2,3)25-15(24)23-6-4-22(5-7-23)14-9-12(8-13(21)10-14)11-17(18,19)20;/h8-10H,4-7,11H2,1-3H3;/q-1;+1. The molecule has 1 aromatic carbocycles. The summed E-state index contributed by atoms with van der Waals surface area (Å²) in [5.74, 6) is 0. The second-order valence-corrected chi connectivity index (χ2v) is 8.43. The molecule has 1 aliphatic rings. The molecule has 0 aromatic heterocycles. The second-order valence-electron chi connectivity index (χ2n) is 7.19. The van der Waals surface area contributed by atoms with Gasteiger partial charge in [-0.05, 0) is 61.6 Å². The van der Waals surface area contributed by atoms with Gasteiger partial charge in [0.05, 0.1) is 0 Å². The monoisotopic (exact) mass is 508 g/mol. The van der Waals surface area contributed by atoms with Gasteiger partial charge in [0, 0.05) is 35.4 Å². The van der Waals surface area contributed by atoms with E-state index in [2.05, 4.69) is 0 Å². The number of ether oxygens (including phenoxy) is 1. The second kappa shape index (κ2) is 9.82. The minimum Gasteiger partial charge on any atom is -0.449 e. The van der Waals surface area contributed by atoms with E-state index < -0.39 is 18.9 Å². The van der Waals surface area contributed by atoms with Crippen LogP contribution in [0.3, 0.4) is 0 Å². The van der Waals surface area contributed by atoms with E-state index in [0.29, 0.717) is 26.2 Å². The normalized spacial score (nSPS) is 15.5. The third-order valence-electron chi connectivity index (χ3n) is 3.71. The summed E-state index contributed by atoms with van der Waals surface area (Å²) >= 11 is 2.04. The molecule has 1 fully saturated rings. The Bertz CT molecular complexity index is 633. The van der Waals surface area contributed by atoms with Gasteiger partial charge in [-0.3, -0.25) is 0 Å². The minimum absolute atomic E-state index is 0. The number of benzene rings is 1.